The zero-order valence-corrected chi connectivity index (χ0v) is 20.1. The average Bonchev–Trinajstić information content (AvgIpc) is 3.20. The maximum absolute atomic E-state index is 6.52. The van der Waals surface area contributed by atoms with Crippen LogP contribution in [0, 0.1) is 25.2 Å². The number of hydrogen-bond acceptors (Lipinski definition) is 7. The van der Waals surface area contributed by atoms with Crippen molar-refractivity contribution in [3.63, 3.8) is 0 Å². The Morgan fingerprint density at radius 1 is 1.07 bits per heavy atom. The molecule has 0 unspecified atom stereocenters. The molecular formula is C23H34N2O4S. The van der Waals surface area contributed by atoms with E-state index < -0.39 is 0 Å². The molecule has 2 aromatic rings. The summed E-state index contributed by atoms with van der Waals surface area (Å²) in [6.45, 7) is 11.4. The predicted octanol–water partition coefficient (Wildman–Crippen LogP) is 6.00. The molecule has 0 saturated heterocycles. The van der Waals surface area contributed by atoms with Gasteiger partial charge in [-0.05, 0) is 49.5 Å². The summed E-state index contributed by atoms with van der Waals surface area (Å²) in [5.41, 5.74) is 3.41. The lowest BCUT2D eigenvalue weighted by atomic mass is 10.1. The molecule has 0 spiro atoms. The largest absolute Gasteiger partial charge is 0.493 e. The molecule has 6 nitrogen and oxygen atoms in total. The molecular weight excluding hydrogens is 400 g/mol. The molecule has 2 rings (SSSR count). The van der Waals surface area contributed by atoms with Crippen LogP contribution in [0.2, 0.25) is 0 Å². The molecule has 0 radical (unpaired) electrons. The number of rotatable bonds is 5. The van der Waals surface area contributed by atoms with Crippen molar-refractivity contribution in [3.8, 4) is 40.5 Å². The van der Waals surface area contributed by atoms with E-state index in [4.69, 9.17) is 19.6 Å². The lowest BCUT2D eigenvalue weighted by molar-refractivity contribution is 0.324. The standard InChI is InChI=1S/C13H15NO3S.C5H10.C3H7NO.C2H2/c1-8-7-14-18-13(8)9-5-10(15-2)12(17-4)11(6-9)16-3;1-4-5(2)3;1-3(4)5-2;1-2/h5-7H,1-4H3;2,4H2,1,3H3;4H,1-2H3;1-2H. The predicted molar refractivity (Wildman–Crippen MR) is 127 cm³/mol. The molecule has 0 fully saturated rings. The van der Waals surface area contributed by atoms with Gasteiger partial charge in [0.2, 0.25) is 5.75 Å². The van der Waals surface area contributed by atoms with Crippen LogP contribution in [0.4, 0.5) is 0 Å². The zero-order valence-electron chi connectivity index (χ0n) is 19.3. The van der Waals surface area contributed by atoms with E-state index in [0.29, 0.717) is 17.2 Å². The first kappa shape index (κ1) is 29.2. The van der Waals surface area contributed by atoms with Gasteiger partial charge in [0, 0.05) is 18.7 Å². The third-order valence-electron chi connectivity index (χ3n) is 3.59. The van der Waals surface area contributed by atoms with Gasteiger partial charge < -0.3 is 18.9 Å². The van der Waals surface area contributed by atoms with Crippen LogP contribution in [0.5, 0.6) is 17.2 Å². The Labute approximate surface area is 185 Å². The van der Waals surface area contributed by atoms with E-state index >= 15 is 0 Å². The Morgan fingerprint density at radius 3 is 1.73 bits per heavy atom. The van der Waals surface area contributed by atoms with Gasteiger partial charge in [-0.2, -0.15) is 0 Å². The molecule has 1 N–H and O–H groups in total. The number of aryl methyl sites for hydroxylation is 1. The summed E-state index contributed by atoms with van der Waals surface area (Å²) < 4.78 is 24.5. The maximum atomic E-state index is 6.52. The van der Waals surface area contributed by atoms with Crippen molar-refractivity contribution in [3.05, 3.63) is 36.0 Å². The third-order valence-corrected chi connectivity index (χ3v) is 4.54. The van der Waals surface area contributed by atoms with Gasteiger partial charge in [0.1, 0.15) is 0 Å². The number of nitrogens with zero attached hydrogens (tertiary/aromatic N) is 1. The average molecular weight is 435 g/mol. The van der Waals surface area contributed by atoms with Crippen LogP contribution >= 0.6 is 11.5 Å². The number of ether oxygens (including phenoxy) is 4. The molecule has 166 valence electrons. The minimum atomic E-state index is 0.255. The van der Waals surface area contributed by atoms with E-state index in [2.05, 4.69) is 35.5 Å². The van der Waals surface area contributed by atoms with Crippen LogP contribution < -0.4 is 14.2 Å². The SMILES string of the molecule is C#C.C=C(C)CC.COC(C)=N.COc1cc(-c2sncc2C)cc(OC)c1OC. The minimum absolute atomic E-state index is 0.255. The molecule has 0 saturated carbocycles. The van der Waals surface area contributed by atoms with Gasteiger partial charge in [0.05, 0.1) is 33.3 Å². The van der Waals surface area contributed by atoms with Crippen molar-refractivity contribution in [2.75, 3.05) is 28.4 Å². The third kappa shape index (κ3) is 10.5. The first-order chi connectivity index (χ1) is 14.2. The summed E-state index contributed by atoms with van der Waals surface area (Å²) in [4.78, 5) is 1.11. The molecule has 0 aliphatic carbocycles. The summed E-state index contributed by atoms with van der Waals surface area (Å²) in [7, 11) is 6.29. The Balaban J connectivity index is 0. The monoisotopic (exact) mass is 434 g/mol. The van der Waals surface area contributed by atoms with E-state index in [1.165, 1.54) is 24.2 Å². The Bertz CT molecular complexity index is 758. The van der Waals surface area contributed by atoms with Crippen LogP contribution in [0.15, 0.2) is 30.5 Å². The second-order valence-corrected chi connectivity index (χ2v) is 6.62. The van der Waals surface area contributed by atoms with Gasteiger partial charge in [-0.15, -0.1) is 19.4 Å². The highest BCUT2D eigenvalue weighted by Gasteiger charge is 2.15. The summed E-state index contributed by atoms with van der Waals surface area (Å²) >= 11 is 1.45. The van der Waals surface area contributed by atoms with Crippen molar-refractivity contribution in [1.29, 1.82) is 5.41 Å². The van der Waals surface area contributed by atoms with Crippen molar-refractivity contribution in [1.82, 2.24) is 4.37 Å². The number of allylic oxidation sites excluding steroid dienone is 1. The van der Waals surface area contributed by atoms with Gasteiger partial charge in [-0.1, -0.05) is 12.5 Å². The number of methoxy groups -OCH3 is 4. The van der Waals surface area contributed by atoms with Gasteiger partial charge in [-0.3, -0.25) is 5.41 Å². The van der Waals surface area contributed by atoms with Gasteiger partial charge in [0.15, 0.2) is 17.4 Å². The second-order valence-electron chi connectivity index (χ2n) is 5.82. The smallest absolute Gasteiger partial charge is 0.203 e. The minimum Gasteiger partial charge on any atom is -0.493 e. The summed E-state index contributed by atoms with van der Waals surface area (Å²) in [6, 6.07) is 3.86. The van der Waals surface area contributed by atoms with Gasteiger partial charge in [-0.25, -0.2) is 4.37 Å². The van der Waals surface area contributed by atoms with E-state index in [1.54, 1.807) is 28.3 Å². The lowest BCUT2D eigenvalue weighted by Crippen LogP contribution is -1.95. The first-order valence-corrected chi connectivity index (χ1v) is 9.81. The summed E-state index contributed by atoms with van der Waals surface area (Å²) in [6.07, 6.45) is 11.0. The highest BCUT2D eigenvalue weighted by molar-refractivity contribution is 7.09. The fourth-order valence-corrected chi connectivity index (χ4v) is 2.52. The highest BCUT2D eigenvalue weighted by Crippen LogP contribution is 2.42. The molecule has 1 heterocycles. The van der Waals surface area contributed by atoms with Gasteiger partial charge >= 0.3 is 0 Å². The van der Waals surface area contributed by atoms with Crippen LogP contribution in [0.3, 0.4) is 0 Å². The van der Waals surface area contributed by atoms with E-state index in [0.717, 1.165) is 22.4 Å². The Hall–Kier alpha value is -2.98. The summed E-state index contributed by atoms with van der Waals surface area (Å²) in [5.74, 6) is 2.16. The van der Waals surface area contributed by atoms with E-state index in [1.807, 2.05) is 32.2 Å². The fraction of sp³-hybridized carbons (Fsp3) is 0.391. The molecule has 30 heavy (non-hydrogen) atoms. The number of benzene rings is 1. The van der Waals surface area contributed by atoms with E-state index in [9.17, 15) is 0 Å². The molecule has 7 heteroatoms. The lowest BCUT2D eigenvalue weighted by Gasteiger charge is -2.13. The van der Waals surface area contributed by atoms with Crippen molar-refractivity contribution < 1.29 is 18.9 Å². The van der Waals surface area contributed by atoms with E-state index in [-0.39, 0.29) is 5.90 Å². The zero-order chi connectivity index (χ0) is 23.7. The first-order valence-electron chi connectivity index (χ1n) is 9.04. The van der Waals surface area contributed by atoms with Crippen LogP contribution in [-0.2, 0) is 4.74 Å². The Morgan fingerprint density at radius 2 is 1.50 bits per heavy atom. The van der Waals surface area contributed by atoms with Crippen LogP contribution in [-0.4, -0.2) is 38.7 Å². The Kier molecular flexibility index (Phi) is 16.5. The molecule has 1 aromatic heterocycles. The topological polar surface area (TPSA) is 73.7 Å². The normalized spacial score (nSPS) is 8.60. The highest BCUT2D eigenvalue weighted by atomic mass is 32.1. The van der Waals surface area contributed by atoms with Crippen LogP contribution in [0.25, 0.3) is 10.4 Å². The molecule has 0 aliphatic heterocycles. The number of nitrogens with one attached hydrogen (secondary N) is 1. The molecule has 0 aliphatic rings. The van der Waals surface area contributed by atoms with Crippen LogP contribution in [0.1, 0.15) is 32.8 Å². The quantitative estimate of drug-likeness (QED) is 0.270. The van der Waals surface area contributed by atoms with Crippen molar-refractivity contribution >= 4 is 17.4 Å². The molecule has 0 bridgehead atoms. The number of aromatic nitrogens is 1. The molecule has 1 aromatic carbocycles. The summed E-state index contributed by atoms with van der Waals surface area (Å²) in [5, 5.41) is 6.52. The number of hydrogen-bond donors (Lipinski definition) is 1. The second kappa shape index (κ2) is 16.9. The van der Waals surface area contributed by atoms with Crippen molar-refractivity contribution in [2.45, 2.75) is 34.1 Å². The van der Waals surface area contributed by atoms with Gasteiger partial charge in [0.25, 0.3) is 0 Å². The van der Waals surface area contributed by atoms with Crippen molar-refractivity contribution in [2.24, 2.45) is 0 Å². The maximum Gasteiger partial charge on any atom is 0.203 e. The number of terminal acetylenes is 1. The fourth-order valence-electron chi connectivity index (χ4n) is 1.78. The molecule has 0 amide bonds. The molecule has 0 atom stereocenters.